The van der Waals surface area contributed by atoms with Gasteiger partial charge >= 0.3 is 0 Å². The van der Waals surface area contributed by atoms with Crippen molar-refractivity contribution in [2.24, 2.45) is 5.92 Å². The van der Waals surface area contributed by atoms with Gasteiger partial charge in [0.2, 0.25) is 0 Å². The number of aliphatic hydroxyl groups excluding tert-OH is 1. The molecule has 2 nitrogen and oxygen atoms in total. The van der Waals surface area contributed by atoms with E-state index in [1.165, 1.54) is 5.56 Å². The van der Waals surface area contributed by atoms with Crippen molar-refractivity contribution in [1.29, 1.82) is 0 Å². The summed E-state index contributed by atoms with van der Waals surface area (Å²) in [4.78, 5) is 0. The highest BCUT2D eigenvalue weighted by Gasteiger charge is 2.18. The fourth-order valence-corrected chi connectivity index (χ4v) is 1.87. The number of hydrogen-bond acceptors (Lipinski definition) is 2. The number of benzene rings is 1. The molecule has 1 aromatic rings. The molecule has 1 aromatic carbocycles. The van der Waals surface area contributed by atoms with Crippen LogP contribution in [0.3, 0.4) is 0 Å². The van der Waals surface area contributed by atoms with Gasteiger partial charge in [-0.3, -0.25) is 0 Å². The molecule has 1 atom stereocenters. The number of hydrogen-bond donors (Lipinski definition) is 1. The van der Waals surface area contributed by atoms with E-state index < -0.39 is 0 Å². The van der Waals surface area contributed by atoms with Gasteiger partial charge < -0.3 is 9.84 Å². The van der Waals surface area contributed by atoms with E-state index in [0.717, 1.165) is 16.6 Å². The molecule has 1 aliphatic rings. The van der Waals surface area contributed by atoms with E-state index in [1.807, 2.05) is 18.2 Å². The van der Waals surface area contributed by atoms with Crippen molar-refractivity contribution >= 4 is 15.9 Å². The molecule has 70 valence electrons. The Balaban J connectivity index is 2.26. The summed E-state index contributed by atoms with van der Waals surface area (Å²) < 4.78 is 6.55. The normalized spacial score (nSPS) is 20.6. The van der Waals surface area contributed by atoms with Crippen LogP contribution in [-0.2, 0) is 6.42 Å². The maximum absolute atomic E-state index is 8.98. The van der Waals surface area contributed by atoms with Crippen LogP contribution >= 0.6 is 15.9 Å². The highest BCUT2D eigenvalue weighted by molar-refractivity contribution is 9.10. The second-order valence-corrected chi connectivity index (χ2v) is 4.23. The molecule has 0 amide bonds. The third kappa shape index (κ3) is 1.86. The molecule has 3 heteroatoms. The first kappa shape index (κ1) is 9.03. The molecular formula is C10H11BrO2. The molecule has 0 aliphatic carbocycles. The van der Waals surface area contributed by atoms with E-state index >= 15 is 0 Å². The Hall–Kier alpha value is -0.540. The Bertz CT molecular complexity index is 312. The molecule has 13 heavy (non-hydrogen) atoms. The minimum atomic E-state index is 0.204. The maximum atomic E-state index is 8.98. The average molecular weight is 243 g/mol. The second-order valence-electron chi connectivity index (χ2n) is 3.32. The Morgan fingerprint density at radius 1 is 1.54 bits per heavy atom. The third-order valence-electron chi connectivity index (χ3n) is 2.27. The standard InChI is InChI=1S/C10H11BrO2/c11-9-2-1-8-3-7(5-12)6-13-10(8)4-9/h1-2,4,7,12H,3,5-6H2. The van der Waals surface area contributed by atoms with Crippen molar-refractivity contribution in [3.05, 3.63) is 28.2 Å². The van der Waals surface area contributed by atoms with E-state index in [4.69, 9.17) is 9.84 Å². The first-order chi connectivity index (χ1) is 6.29. The monoisotopic (exact) mass is 242 g/mol. The van der Waals surface area contributed by atoms with Crippen LogP contribution in [0, 0.1) is 5.92 Å². The van der Waals surface area contributed by atoms with Crippen molar-refractivity contribution in [3.63, 3.8) is 0 Å². The highest BCUT2D eigenvalue weighted by Crippen LogP contribution is 2.29. The first-order valence-electron chi connectivity index (χ1n) is 4.31. The van der Waals surface area contributed by atoms with Gasteiger partial charge in [0.25, 0.3) is 0 Å². The highest BCUT2D eigenvalue weighted by atomic mass is 79.9. The van der Waals surface area contributed by atoms with Gasteiger partial charge in [0.05, 0.1) is 6.61 Å². The minimum absolute atomic E-state index is 0.204. The minimum Gasteiger partial charge on any atom is -0.493 e. The van der Waals surface area contributed by atoms with Crippen LogP contribution in [0.2, 0.25) is 0 Å². The predicted molar refractivity (Wildman–Crippen MR) is 53.9 cm³/mol. The Kier molecular flexibility index (Phi) is 2.56. The number of ether oxygens (including phenoxy) is 1. The maximum Gasteiger partial charge on any atom is 0.123 e. The summed E-state index contributed by atoms with van der Waals surface area (Å²) in [6.07, 6.45) is 0.916. The summed E-state index contributed by atoms with van der Waals surface area (Å²) in [5.41, 5.74) is 1.19. The molecule has 2 rings (SSSR count). The van der Waals surface area contributed by atoms with Gasteiger partial charge in [0.15, 0.2) is 0 Å². The quantitative estimate of drug-likeness (QED) is 0.817. The van der Waals surface area contributed by atoms with Crippen LogP contribution in [0.15, 0.2) is 22.7 Å². The second kappa shape index (κ2) is 3.68. The molecule has 1 unspecified atom stereocenters. The van der Waals surface area contributed by atoms with Crippen LogP contribution < -0.4 is 4.74 Å². The first-order valence-corrected chi connectivity index (χ1v) is 5.11. The van der Waals surface area contributed by atoms with Gasteiger partial charge in [-0.25, -0.2) is 0 Å². The molecule has 0 saturated heterocycles. The fourth-order valence-electron chi connectivity index (χ4n) is 1.53. The molecule has 0 saturated carbocycles. The Morgan fingerprint density at radius 2 is 2.38 bits per heavy atom. The fraction of sp³-hybridized carbons (Fsp3) is 0.400. The summed E-state index contributed by atoms with van der Waals surface area (Å²) in [5.74, 6) is 1.20. The van der Waals surface area contributed by atoms with Crippen molar-refractivity contribution in [1.82, 2.24) is 0 Å². The van der Waals surface area contributed by atoms with Crippen LogP contribution in [0.4, 0.5) is 0 Å². The lowest BCUT2D eigenvalue weighted by molar-refractivity contribution is 0.147. The van der Waals surface area contributed by atoms with Crippen LogP contribution in [0.25, 0.3) is 0 Å². The number of rotatable bonds is 1. The zero-order valence-corrected chi connectivity index (χ0v) is 8.75. The molecule has 0 fully saturated rings. The Morgan fingerprint density at radius 3 is 3.15 bits per heavy atom. The van der Waals surface area contributed by atoms with Crippen molar-refractivity contribution < 1.29 is 9.84 Å². The summed E-state index contributed by atoms with van der Waals surface area (Å²) >= 11 is 3.39. The molecular weight excluding hydrogens is 232 g/mol. The lowest BCUT2D eigenvalue weighted by Crippen LogP contribution is -2.23. The molecule has 0 radical (unpaired) electrons. The van der Waals surface area contributed by atoms with Gasteiger partial charge in [0.1, 0.15) is 5.75 Å². The molecule has 1 N–H and O–H groups in total. The van der Waals surface area contributed by atoms with Crippen LogP contribution in [0.5, 0.6) is 5.75 Å². The molecule has 0 bridgehead atoms. The topological polar surface area (TPSA) is 29.5 Å². The van der Waals surface area contributed by atoms with E-state index in [2.05, 4.69) is 15.9 Å². The summed E-state index contributed by atoms with van der Waals surface area (Å²) in [5, 5.41) is 8.98. The molecule has 0 spiro atoms. The third-order valence-corrected chi connectivity index (χ3v) is 2.76. The number of fused-ring (bicyclic) bond motifs is 1. The van der Waals surface area contributed by atoms with E-state index in [-0.39, 0.29) is 12.5 Å². The zero-order chi connectivity index (χ0) is 9.26. The van der Waals surface area contributed by atoms with Gasteiger partial charge in [0, 0.05) is 17.0 Å². The van der Waals surface area contributed by atoms with Crippen LogP contribution in [0.1, 0.15) is 5.56 Å². The number of aliphatic hydroxyl groups is 1. The van der Waals surface area contributed by atoms with Crippen molar-refractivity contribution in [2.75, 3.05) is 13.2 Å². The van der Waals surface area contributed by atoms with Crippen molar-refractivity contribution in [3.8, 4) is 5.75 Å². The van der Waals surface area contributed by atoms with E-state index in [1.54, 1.807) is 0 Å². The lowest BCUT2D eigenvalue weighted by atomic mass is 9.98. The molecule has 0 aromatic heterocycles. The SMILES string of the molecule is OCC1COc2cc(Br)ccc2C1. The van der Waals surface area contributed by atoms with E-state index in [0.29, 0.717) is 6.61 Å². The summed E-state index contributed by atoms with van der Waals surface area (Å²) in [6.45, 7) is 0.829. The zero-order valence-electron chi connectivity index (χ0n) is 7.16. The number of halogens is 1. The smallest absolute Gasteiger partial charge is 0.123 e. The summed E-state index contributed by atoms with van der Waals surface area (Å²) in [6, 6.07) is 6.02. The van der Waals surface area contributed by atoms with Gasteiger partial charge in [-0.1, -0.05) is 22.0 Å². The molecule has 1 heterocycles. The largest absolute Gasteiger partial charge is 0.493 e. The van der Waals surface area contributed by atoms with Crippen molar-refractivity contribution in [2.45, 2.75) is 6.42 Å². The molecule has 1 aliphatic heterocycles. The van der Waals surface area contributed by atoms with Crippen LogP contribution in [-0.4, -0.2) is 18.3 Å². The average Bonchev–Trinajstić information content (AvgIpc) is 2.17. The summed E-state index contributed by atoms with van der Waals surface area (Å²) in [7, 11) is 0. The lowest BCUT2D eigenvalue weighted by Gasteiger charge is -2.23. The van der Waals surface area contributed by atoms with Gasteiger partial charge in [-0.05, 0) is 24.1 Å². The van der Waals surface area contributed by atoms with Gasteiger partial charge in [-0.2, -0.15) is 0 Å². The Labute approximate surface area is 85.7 Å². The van der Waals surface area contributed by atoms with E-state index in [9.17, 15) is 0 Å². The van der Waals surface area contributed by atoms with Gasteiger partial charge in [-0.15, -0.1) is 0 Å². The predicted octanol–water partition coefficient (Wildman–Crippen LogP) is 1.99.